The van der Waals surface area contributed by atoms with Gasteiger partial charge in [0.05, 0.1) is 5.52 Å². The first-order valence-corrected chi connectivity index (χ1v) is 9.92. The smallest absolute Gasteiger partial charge is 0.214 e. The minimum Gasteiger partial charge on any atom is -0.290 e. The third-order valence-electron chi connectivity index (χ3n) is 5.33. The lowest BCUT2D eigenvalue weighted by molar-refractivity contribution is -0.150. The van der Waals surface area contributed by atoms with Gasteiger partial charge in [-0.25, -0.2) is 0 Å². The maximum atomic E-state index is 13.0. The highest BCUT2D eigenvalue weighted by Gasteiger charge is 2.50. The average molecular weight is 399 g/mol. The number of rotatable bonds is 2. The summed E-state index contributed by atoms with van der Waals surface area (Å²) in [7, 11) is 0. The Kier molecular flexibility index (Phi) is 3.96. The maximum Gasteiger partial charge on any atom is 0.214 e. The molecule has 0 aliphatic heterocycles. The molecule has 4 aromatic rings. The molecule has 0 spiro atoms. The maximum absolute atomic E-state index is 13.0. The predicted octanol–water partition coefficient (Wildman–Crippen LogP) is 3.61. The summed E-state index contributed by atoms with van der Waals surface area (Å²) in [6, 6.07) is 15.9. The lowest BCUT2D eigenvalue weighted by Gasteiger charge is -2.24. The quantitative estimate of drug-likeness (QED) is 0.380. The number of nitrogens with zero attached hydrogens (tertiary/aromatic N) is 1. The molecule has 1 aliphatic carbocycles. The van der Waals surface area contributed by atoms with Crippen molar-refractivity contribution in [3.8, 4) is 0 Å². The molecule has 5 rings (SSSR count). The van der Waals surface area contributed by atoms with E-state index in [1.165, 1.54) is 11.3 Å². The first kappa shape index (κ1) is 17.6. The Balaban J connectivity index is 1.63. The van der Waals surface area contributed by atoms with E-state index in [2.05, 4.69) is 4.98 Å². The van der Waals surface area contributed by atoms with Gasteiger partial charge in [-0.2, -0.15) is 0 Å². The van der Waals surface area contributed by atoms with E-state index in [1.807, 2.05) is 12.1 Å². The number of para-hydroxylation sites is 1. The van der Waals surface area contributed by atoms with Crippen LogP contribution in [-0.2, 0) is 19.2 Å². The Morgan fingerprint density at radius 3 is 2.10 bits per heavy atom. The summed E-state index contributed by atoms with van der Waals surface area (Å²) >= 11 is 1.38. The monoisotopic (exact) mass is 399 g/mol. The molecule has 0 N–H and O–H groups in total. The molecule has 2 aromatic carbocycles. The van der Waals surface area contributed by atoms with Gasteiger partial charge in [0, 0.05) is 16.3 Å². The lowest BCUT2D eigenvalue weighted by atomic mass is 9.72. The molecule has 2 heterocycles. The number of hydrogen-bond acceptors (Lipinski definition) is 6. The van der Waals surface area contributed by atoms with Gasteiger partial charge in [-0.05, 0) is 34.0 Å². The molecule has 2 aromatic heterocycles. The van der Waals surface area contributed by atoms with Crippen molar-refractivity contribution < 1.29 is 19.2 Å². The fourth-order valence-electron chi connectivity index (χ4n) is 3.95. The molecule has 29 heavy (non-hydrogen) atoms. The Morgan fingerprint density at radius 2 is 1.34 bits per heavy atom. The van der Waals surface area contributed by atoms with E-state index in [0.29, 0.717) is 16.6 Å². The number of ketones is 4. The lowest BCUT2D eigenvalue weighted by Crippen LogP contribution is -2.46. The molecule has 1 fully saturated rings. The van der Waals surface area contributed by atoms with Gasteiger partial charge < -0.3 is 0 Å². The summed E-state index contributed by atoms with van der Waals surface area (Å²) < 4.78 is 0.892. The van der Waals surface area contributed by atoms with Crippen molar-refractivity contribution in [1.82, 2.24) is 4.98 Å². The molecule has 0 amide bonds. The number of benzene rings is 2. The number of pyridine rings is 1. The Morgan fingerprint density at radius 1 is 0.690 bits per heavy atom. The number of thiophene rings is 1. The van der Waals surface area contributed by atoms with Gasteiger partial charge >= 0.3 is 0 Å². The number of Topliss-reactive ketones (excluding diaryl/α,β-unsaturated/α-hetero) is 4. The number of carbonyl (C=O) groups excluding carboxylic acids is 4. The van der Waals surface area contributed by atoms with E-state index in [1.54, 1.807) is 54.0 Å². The summed E-state index contributed by atoms with van der Waals surface area (Å²) in [5.41, 5.74) is 1.17. The van der Waals surface area contributed by atoms with Crippen molar-refractivity contribution in [3.05, 3.63) is 77.3 Å². The zero-order chi connectivity index (χ0) is 20.1. The SMILES string of the molecule is O=C1C(=O)C(c2cccc3cccnc23)C(=O)C(=O)C1c1csc2ccccc12. The van der Waals surface area contributed by atoms with Crippen LogP contribution >= 0.6 is 11.3 Å². The van der Waals surface area contributed by atoms with Crippen molar-refractivity contribution >= 4 is 55.5 Å². The Labute approximate surface area is 169 Å². The molecule has 0 radical (unpaired) electrons. The summed E-state index contributed by atoms with van der Waals surface area (Å²) in [4.78, 5) is 56.3. The van der Waals surface area contributed by atoms with E-state index in [4.69, 9.17) is 0 Å². The molecule has 0 unspecified atom stereocenters. The second-order valence-corrected chi connectivity index (χ2v) is 7.84. The number of hydrogen-bond donors (Lipinski definition) is 0. The van der Waals surface area contributed by atoms with Crippen LogP contribution in [0.25, 0.3) is 21.0 Å². The fourth-order valence-corrected chi connectivity index (χ4v) is 4.94. The van der Waals surface area contributed by atoms with E-state index in [-0.39, 0.29) is 0 Å². The molecule has 140 valence electrons. The normalized spacial score (nSPS) is 20.0. The highest BCUT2D eigenvalue weighted by Crippen LogP contribution is 2.38. The van der Waals surface area contributed by atoms with Crippen molar-refractivity contribution in [2.24, 2.45) is 0 Å². The highest BCUT2D eigenvalue weighted by atomic mass is 32.1. The zero-order valence-electron chi connectivity index (χ0n) is 15.0. The number of carbonyl (C=O) groups is 4. The van der Waals surface area contributed by atoms with Crippen LogP contribution in [0, 0.1) is 0 Å². The first-order valence-electron chi connectivity index (χ1n) is 9.04. The molecule has 0 bridgehead atoms. The number of aromatic nitrogens is 1. The summed E-state index contributed by atoms with van der Waals surface area (Å²) in [6.07, 6.45) is 1.55. The molecular weight excluding hydrogens is 386 g/mol. The molecule has 6 heteroatoms. The fraction of sp³-hybridized carbons (Fsp3) is 0.0870. The van der Waals surface area contributed by atoms with Gasteiger partial charge in [0.15, 0.2) is 0 Å². The third-order valence-corrected chi connectivity index (χ3v) is 6.31. The Hall–Kier alpha value is -3.51. The standard InChI is InChI=1S/C23H13NO4S/c25-20-17(14-8-3-5-12-6-4-10-24-19(12)14)21(26)23(28)18(22(20)27)15-11-29-16-9-2-1-7-13(15)16/h1-11,17-18H. The van der Waals surface area contributed by atoms with Gasteiger partial charge in [-0.15, -0.1) is 11.3 Å². The van der Waals surface area contributed by atoms with Crippen LogP contribution < -0.4 is 0 Å². The summed E-state index contributed by atoms with van der Waals surface area (Å²) in [5.74, 6) is -6.19. The molecule has 1 aliphatic rings. The van der Waals surface area contributed by atoms with E-state index in [9.17, 15) is 19.2 Å². The second kappa shape index (κ2) is 6.53. The molecule has 1 saturated carbocycles. The van der Waals surface area contributed by atoms with E-state index in [0.717, 1.165) is 15.5 Å². The van der Waals surface area contributed by atoms with E-state index < -0.39 is 35.0 Å². The van der Waals surface area contributed by atoms with E-state index >= 15 is 0 Å². The van der Waals surface area contributed by atoms with Gasteiger partial charge in [-0.3, -0.25) is 24.2 Å². The van der Waals surface area contributed by atoms with Crippen molar-refractivity contribution in [1.29, 1.82) is 0 Å². The van der Waals surface area contributed by atoms with Gasteiger partial charge in [0.25, 0.3) is 0 Å². The van der Waals surface area contributed by atoms with Crippen LogP contribution in [0.15, 0.2) is 66.2 Å². The van der Waals surface area contributed by atoms with Gasteiger partial charge in [0.2, 0.25) is 23.1 Å². The van der Waals surface area contributed by atoms with Crippen molar-refractivity contribution in [3.63, 3.8) is 0 Å². The van der Waals surface area contributed by atoms with Gasteiger partial charge in [-0.1, -0.05) is 42.5 Å². The van der Waals surface area contributed by atoms with Crippen LogP contribution in [0.1, 0.15) is 23.0 Å². The van der Waals surface area contributed by atoms with Crippen LogP contribution in [-0.4, -0.2) is 28.1 Å². The highest BCUT2D eigenvalue weighted by molar-refractivity contribution is 7.17. The molecule has 0 saturated heterocycles. The van der Waals surface area contributed by atoms with Crippen LogP contribution in [0.3, 0.4) is 0 Å². The molecular formula is C23H13NO4S. The second-order valence-electron chi connectivity index (χ2n) is 6.93. The largest absolute Gasteiger partial charge is 0.290 e. The summed E-state index contributed by atoms with van der Waals surface area (Å²) in [5, 5.41) is 3.14. The predicted molar refractivity (Wildman–Crippen MR) is 109 cm³/mol. The first-order chi connectivity index (χ1) is 14.1. The van der Waals surface area contributed by atoms with Crippen molar-refractivity contribution in [2.75, 3.05) is 0 Å². The van der Waals surface area contributed by atoms with Crippen molar-refractivity contribution in [2.45, 2.75) is 11.8 Å². The zero-order valence-corrected chi connectivity index (χ0v) is 15.8. The average Bonchev–Trinajstić information content (AvgIpc) is 3.17. The van der Waals surface area contributed by atoms with Gasteiger partial charge in [0.1, 0.15) is 11.8 Å². The minimum absolute atomic E-state index is 0.299. The van der Waals surface area contributed by atoms with Crippen LogP contribution in [0.4, 0.5) is 0 Å². The Bertz CT molecular complexity index is 1320. The topological polar surface area (TPSA) is 81.2 Å². The van der Waals surface area contributed by atoms with Crippen LogP contribution in [0.2, 0.25) is 0 Å². The summed E-state index contributed by atoms with van der Waals surface area (Å²) in [6.45, 7) is 0. The molecule has 0 atom stereocenters. The minimum atomic E-state index is -1.44. The molecule has 5 nitrogen and oxygen atoms in total. The third kappa shape index (κ3) is 2.57. The van der Waals surface area contributed by atoms with Crippen LogP contribution in [0.5, 0.6) is 0 Å². The number of fused-ring (bicyclic) bond motifs is 2.